The Bertz CT molecular complexity index is 577. The molecule has 0 atom stereocenters. The van der Waals surface area contributed by atoms with Crippen molar-refractivity contribution in [2.24, 2.45) is 0 Å². The average Bonchev–Trinajstić information content (AvgIpc) is 2.53. The first-order valence-corrected chi connectivity index (χ1v) is 5.80. The highest BCUT2D eigenvalue weighted by Gasteiger charge is 2.16. The number of halogens is 2. The van der Waals surface area contributed by atoms with Crippen molar-refractivity contribution in [1.82, 2.24) is 0 Å². The van der Waals surface area contributed by atoms with Gasteiger partial charge in [0, 0.05) is 10.1 Å². The van der Waals surface area contributed by atoms with Gasteiger partial charge in [0.2, 0.25) is 0 Å². The van der Waals surface area contributed by atoms with Crippen LogP contribution in [0.15, 0.2) is 12.1 Å². The molecule has 16 heavy (non-hydrogen) atoms. The Kier molecular flexibility index (Phi) is 2.97. The van der Waals surface area contributed by atoms with Crippen LogP contribution >= 0.6 is 34.5 Å². The quantitative estimate of drug-likeness (QED) is 0.905. The first-order valence-electron chi connectivity index (χ1n) is 4.23. The number of hydrogen-bond donors (Lipinski definition) is 1. The second-order valence-corrected chi connectivity index (χ2v) is 5.08. The molecule has 0 saturated carbocycles. The lowest BCUT2D eigenvalue weighted by atomic mass is 10.1. The lowest BCUT2D eigenvalue weighted by molar-refractivity contribution is 0.0693. The van der Waals surface area contributed by atoms with E-state index in [0.29, 0.717) is 20.5 Å². The number of benzene rings is 1. The van der Waals surface area contributed by atoms with Crippen LogP contribution in [-0.2, 0) is 0 Å². The summed E-state index contributed by atoms with van der Waals surface area (Å²) in [6.07, 6.45) is 0. The summed E-state index contributed by atoms with van der Waals surface area (Å²) in [5.74, 6) is -0.758. The molecule has 0 aliphatic heterocycles. The highest BCUT2D eigenvalue weighted by molar-refractivity contribution is 7.23. The topological polar surface area (TPSA) is 46.5 Å². The van der Waals surface area contributed by atoms with Crippen molar-refractivity contribution in [2.45, 2.75) is 0 Å². The fourth-order valence-electron chi connectivity index (χ4n) is 1.40. The maximum Gasteiger partial charge on any atom is 0.339 e. The van der Waals surface area contributed by atoms with E-state index in [9.17, 15) is 4.79 Å². The van der Waals surface area contributed by atoms with Crippen molar-refractivity contribution >= 4 is 50.6 Å². The molecule has 2 rings (SSSR count). The van der Waals surface area contributed by atoms with E-state index in [4.69, 9.17) is 33.0 Å². The summed E-state index contributed by atoms with van der Waals surface area (Å²) in [5, 5.41) is 10.0. The molecule has 84 valence electrons. The Hall–Kier alpha value is -0.970. The van der Waals surface area contributed by atoms with Crippen molar-refractivity contribution in [3.8, 4) is 5.75 Å². The zero-order valence-corrected chi connectivity index (χ0v) is 10.4. The van der Waals surface area contributed by atoms with Crippen molar-refractivity contribution in [3.05, 3.63) is 27.1 Å². The van der Waals surface area contributed by atoms with Gasteiger partial charge in [0.25, 0.3) is 0 Å². The van der Waals surface area contributed by atoms with E-state index < -0.39 is 5.97 Å². The second-order valence-electron chi connectivity index (χ2n) is 3.04. The standard InChI is InChI=1S/C10H6Cl2O3S/c1-15-6-3-7-5(2-4(6)10(13)14)8(11)9(12)16-7/h2-3H,1H3,(H,13,14). The van der Waals surface area contributed by atoms with Crippen LogP contribution in [0.3, 0.4) is 0 Å². The van der Waals surface area contributed by atoms with Gasteiger partial charge in [0.1, 0.15) is 15.6 Å². The molecule has 3 nitrogen and oxygen atoms in total. The summed E-state index contributed by atoms with van der Waals surface area (Å²) >= 11 is 13.1. The molecule has 0 fully saturated rings. The minimum atomic E-state index is -1.06. The van der Waals surface area contributed by atoms with E-state index >= 15 is 0 Å². The van der Waals surface area contributed by atoms with Gasteiger partial charge >= 0.3 is 5.97 Å². The van der Waals surface area contributed by atoms with E-state index in [1.807, 2.05) is 0 Å². The van der Waals surface area contributed by atoms with Crippen molar-refractivity contribution in [2.75, 3.05) is 7.11 Å². The van der Waals surface area contributed by atoms with Gasteiger partial charge < -0.3 is 9.84 Å². The maximum absolute atomic E-state index is 11.0. The van der Waals surface area contributed by atoms with Crippen LogP contribution in [0.5, 0.6) is 5.75 Å². The van der Waals surface area contributed by atoms with Crippen molar-refractivity contribution in [1.29, 1.82) is 0 Å². The first kappa shape index (κ1) is 11.5. The van der Waals surface area contributed by atoms with Gasteiger partial charge in [-0.2, -0.15) is 0 Å². The monoisotopic (exact) mass is 276 g/mol. The summed E-state index contributed by atoms with van der Waals surface area (Å²) in [6, 6.07) is 3.10. The minimum absolute atomic E-state index is 0.0753. The van der Waals surface area contributed by atoms with E-state index in [1.165, 1.54) is 24.5 Å². The lowest BCUT2D eigenvalue weighted by Crippen LogP contribution is -1.99. The third kappa shape index (κ3) is 1.73. The molecule has 0 amide bonds. The summed E-state index contributed by atoms with van der Waals surface area (Å²) in [5.41, 5.74) is 0.0753. The predicted octanol–water partition coefficient (Wildman–Crippen LogP) is 3.91. The smallest absolute Gasteiger partial charge is 0.339 e. The first-order chi connectivity index (χ1) is 7.54. The van der Waals surface area contributed by atoms with Crippen molar-refractivity contribution < 1.29 is 14.6 Å². The largest absolute Gasteiger partial charge is 0.496 e. The van der Waals surface area contributed by atoms with Crippen LogP contribution in [0, 0.1) is 0 Å². The normalized spacial score (nSPS) is 10.7. The molecule has 0 aliphatic carbocycles. The molecular formula is C10H6Cl2O3S. The lowest BCUT2D eigenvalue weighted by Gasteiger charge is -2.04. The number of aromatic carboxylic acids is 1. The molecule has 1 aromatic heterocycles. The number of rotatable bonds is 2. The van der Waals surface area contributed by atoms with E-state index in [1.54, 1.807) is 6.07 Å². The molecule has 1 N–H and O–H groups in total. The number of carboxylic acids is 1. The van der Waals surface area contributed by atoms with Gasteiger partial charge in [-0.1, -0.05) is 23.2 Å². The molecule has 2 aromatic rings. The molecule has 0 aliphatic rings. The molecule has 1 heterocycles. The molecule has 0 spiro atoms. The zero-order valence-electron chi connectivity index (χ0n) is 8.08. The molecule has 6 heteroatoms. The third-order valence-corrected chi connectivity index (χ3v) is 4.10. The van der Waals surface area contributed by atoms with E-state index in [0.717, 1.165) is 4.70 Å². The number of ether oxygens (including phenoxy) is 1. The maximum atomic E-state index is 11.0. The third-order valence-electron chi connectivity index (χ3n) is 2.14. The minimum Gasteiger partial charge on any atom is -0.496 e. The summed E-state index contributed by atoms with van der Waals surface area (Å²) in [7, 11) is 1.42. The fraction of sp³-hybridized carbons (Fsp3) is 0.100. The van der Waals surface area contributed by atoms with Gasteiger partial charge in [0.15, 0.2) is 0 Å². The molecule has 0 radical (unpaired) electrons. The fourth-order valence-corrected chi connectivity index (χ4v) is 2.91. The van der Waals surface area contributed by atoms with Crippen LogP contribution < -0.4 is 4.74 Å². The van der Waals surface area contributed by atoms with Crippen LogP contribution in [0.4, 0.5) is 0 Å². The Balaban J connectivity index is 2.80. The van der Waals surface area contributed by atoms with Crippen LogP contribution in [0.1, 0.15) is 10.4 Å². The van der Waals surface area contributed by atoms with Gasteiger partial charge in [0.05, 0.1) is 12.1 Å². The van der Waals surface area contributed by atoms with Crippen LogP contribution in [0.2, 0.25) is 9.36 Å². The zero-order chi connectivity index (χ0) is 11.9. The number of fused-ring (bicyclic) bond motifs is 1. The van der Waals surface area contributed by atoms with Crippen LogP contribution in [-0.4, -0.2) is 18.2 Å². The number of carboxylic acid groups (broad SMARTS) is 1. The summed E-state index contributed by atoms with van der Waals surface area (Å²) in [6.45, 7) is 0. The SMILES string of the molecule is COc1cc2sc(Cl)c(Cl)c2cc1C(=O)O. The molecule has 1 aromatic carbocycles. The molecular weight excluding hydrogens is 271 g/mol. The van der Waals surface area contributed by atoms with Crippen LogP contribution in [0.25, 0.3) is 10.1 Å². The highest BCUT2D eigenvalue weighted by atomic mass is 35.5. The van der Waals surface area contributed by atoms with Gasteiger partial charge in [-0.25, -0.2) is 4.79 Å². The Labute approximate surface area is 105 Å². The Morgan fingerprint density at radius 2 is 2.12 bits per heavy atom. The predicted molar refractivity (Wildman–Crippen MR) is 65.4 cm³/mol. The number of hydrogen-bond acceptors (Lipinski definition) is 3. The van der Waals surface area contributed by atoms with Crippen molar-refractivity contribution in [3.63, 3.8) is 0 Å². The van der Waals surface area contributed by atoms with Gasteiger partial charge in [-0.3, -0.25) is 0 Å². The summed E-state index contributed by atoms with van der Waals surface area (Å²) in [4.78, 5) is 11.0. The summed E-state index contributed by atoms with van der Waals surface area (Å²) < 4.78 is 6.25. The molecule has 0 unspecified atom stereocenters. The average molecular weight is 277 g/mol. The van der Waals surface area contributed by atoms with E-state index in [2.05, 4.69) is 0 Å². The molecule has 0 saturated heterocycles. The van der Waals surface area contributed by atoms with E-state index in [-0.39, 0.29) is 5.56 Å². The van der Waals surface area contributed by atoms with Gasteiger partial charge in [-0.15, -0.1) is 11.3 Å². The second kappa shape index (κ2) is 4.13. The number of thiophene rings is 1. The number of carbonyl (C=O) groups is 1. The Morgan fingerprint density at radius 3 is 2.69 bits per heavy atom. The Morgan fingerprint density at radius 1 is 1.44 bits per heavy atom. The number of methoxy groups -OCH3 is 1. The highest BCUT2D eigenvalue weighted by Crippen LogP contribution is 2.41. The van der Waals surface area contributed by atoms with Gasteiger partial charge in [-0.05, 0) is 12.1 Å². The molecule has 0 bridgehead atoms.